The predicted molar refractivity (Wildman–Crippen MR) is 83.6 cm³/mol. The average molecular weight is 360 g/mol. The van der Waals surface area contributed by atoms with Crippen LogP contribution in [-0.2, 0) is 31.7 Å². The van der Waals surface area contributed by atoms with Crippen molar-refractivity contribution < 1.29 is 32.1 Å². The smallest absolute Gasteiger partial charge is 0.368 e. The summed E-state index contributed by atoms with van der Waals surface area (Å²) >= 11 is 0. The first kappa shape index (κ1) is 18.6. The highest BCUT2D eigenvalue weighted by Gasteiger charge is 2.55. The minimum Gasteiger partial charge on any atom is -0.368 e. The number of rotatable bonds is 5. The first-order valence-corrected chi connectivity index (χ1v) is 8.49. The molecule has 2 aliphatic heterocycles. The minimum atomic E-state index is -4.41. The van der Waals surface area contributed by atoms with Gasteiger partial charge in [-0.3, -0.25) is 0 Å². The van der Waals surface area contributed by atoms with Crippen LogP contribution in [0.2, 0.25) is 0 Å². The van der Waals surface area contributed by atoms with Gasteiger partial charge in [-0.15, -0.1) is 0 Å². The third-order valence-electron chi connectivity index (χ3n) is 4.41. The Morgan fingerprint density at radius 3 is 2.56 bits per heavy atom. The van der Waals surface area contributed by atoms with Gasteiger partial charge in [0, 0.05) is 0 Å². The molecule has 4 atom stereocenters. The van der Waals surface area contributed by atoms with E-state index in [1.165, 1.54) is 12.1 Å². The molecule has 7 heteroatoms. The molecule has 1 aromatic rings. The van der Waals surface area contributed by atoms with E-state index in [0.717, 1.165) is 18.9 Å². The monoisotopic (exact) mass is 360 g/mol. The topological polar surface area (TPSA) is 36.9 Å². The second kappa shape index (κ2) is 6.87. The Morgan fingerprint density at radius 1 is 1.16 bits per heavy atom. The number of halogens is 3. The molecule has 2 fully saturated rings. The Kier molecular flexibility index (Phi) is 5.12. The van der Waals surface area contributed by atoms with Crippen molar-refractivity contribution in [1.29, 1.82) is 0 Å². The predicted octanol–water partition coefficient (Wildman–Crippen LogP) is 4.27. The lowest BCUT2D eigenvalue weighted by Crippen LogP contribution is -2.36. The number of benzene rings is 1. The molecule has 2 aliphatic rings. The Hall–Kier alpha value is -1.15. The summed E-state index contributed by atoms with van der Waals surface area (Å²) in [6, 6.07) is 5.44. The number of fused-ring (bicyclic) bond motifs is 1. The number of ether oxygens (including phenoxy) is 4. The zero-order chi connectivity index (χ0) is 18.2. The second-order valence-corrected chi connectivity index (χ2v) is 6.86. The Balaban J connectivity index is 1.74. The van der Waals surface area contributed by atoms with Crippen LogP contribution in [0.15, 0.2) is 24.3 Å². The van der Waals surface area contributed by atoms with Gasteiger partial charge in [-0.05, 0) is 31.9 Å². The minimum absolute atomic E-state index is 0.104. The van der Waals surface area contributed by atoms with E-state index in [-0.39, 0.29) is 18.3 Å². The summed E-state index contributed by atoms with van der Waals surface area (Å²) in [5, 5.41) is 0. The normalized spacial score (nSPS) is 31.3. The molecular weight excluding hydrogens is 337 g/mol. The molecule has 0 amide bonds. The van der Waals surface area contributed by atoms with E-state index in [4.69, 9.17) is 18.9 Å². The molecule has 0 aliphatic carbocycles. The van der Waals surface area contributed by atoms with E-state index < -0.39 is 36.0 Å². The van der Waals surface area contributed by atoms with Gasteiger partial charge in [0.15, 0.2) is 12.1 Å². The first-order valence-electron chi connectivity index (χ1n) is 8.49. The van der Waals surface area contributed by atoms with Crippen molar-refractivity contribution in [2.45, 2.75) is 76.8 Å². The maximum Gasteiger partial charge on any atom is 0.416 e. The van der Waals surface area contributed by atoms with Crippen LogP contribution in [0.25, 0.3) is 0 Å². The maximum absolute atomic E-state index is 13.1. The van der Waals surface area contributed by atoms with Crippen LogP contribution in [0.1, 0.15) is 44.7 Å². The van der Waals surface area contributed by atoms with Gasteiger partial charge in [-0.2, -0.15) is 13.2 Å². The third-order valence-corrected chi connectivity index (χ3v) is 4.41. The van der Waals surface area contributed by atoms with E-state index in [9.17, 15) is 13.2 Å². The van der Waals surface area contributed by atoms with E-state index >= 15 is 0 Å². The highest BCUT2D eigenvalue weighted by molar-refractivity contribution is 5.29. The van der Waals surface area contributed by atoms with E-state index in [2.05, 4.69) is 0 Å². The molecular formula is C18H23F3O4. The SMILES string of the molecule is CCC[C@H]1O[C@@H]2OC(C)(C)O[C@@H]2[C@H]1OCc1ccccc1C(F)(F)F. The summed E-state index contributed by atoms with van der Waals surface area (Å²) in [6.45, 7) is 5.41. The van der Waals surface area contributed by atoms with Crippen molar-refractivity contribution in [2.24, 2.45) is 0 Å². The van der Waals surface area contributed by atoms with Crippen molar-refractivity contribution in [3.8, 4) is 0 Å². The van der Waals surface area contributed by atoms with E-state index in [0.29, 0.717) is 0 Å². The Bertz CT molecular complexity index is 602. The van der Waals surface area contributed by atoms with Crippen LogP contribution in [0.3, 0.4) is 0 Å². The van der Waals surface area contributed by atoms with Crippen LogP contribution in [-0.4, -0.2) is 30.4 Å². The molecule has 0 spiro atoms. The molecule has 2 heterocycles. The number of hydrogen-bond acceptors (Lipinski definition) is 4. The van der Waals surface area contributed by atoms with Gasteiger partial charge in [0.05, 0.1) is 18.3 Å². The van der Waals surface area contributed by atoms with Gasteiger partial charge >= 0.3 is 6.18 Å². The van der Waals surface area contributed by atoms with Crippen molar-refractivity contribution in [3.63, 3.8) is 0 Å². The fourth-order valence-corrected chi connectivity index (χ4v) is 3.37. The molecule has 3 rings (SSSR count). The maximum atomic E-state index is 13.1. The van der Waals surface area contributed by atoms with Crippen LogP contribution >= 0.6 is 0 Å². The summed E-state index contributed by atoms with van der Waals surface area (Å²) in [7, 11) is 0. The summed E-state index contributed by atoms with van der Waals surface area (Å²) in [5.41, 5.74) is -0.576. The Morgan fingerprint density at radius 2 is 1.88 bits per heavy atom. The quantitative estimate of drug-likeness (QED) is 0.786. The second-order valence-electron chi connectivity index (χ2n) is 6.86. The lowest BCUT2D eigenvalue weighted by Gasteiger charge is -2.26. The zero-order valence-electron chi connectivity index (χ0n) is 14.5. The fraction of sp³-hybridized carbons (Fsp3) is 0.667. The van der Waals surface area contributed by atoms with Gasteiger partial charge in [0.2, 0.25) is 0 Å². The zero-order valence-corrected chi connectivity index (χ0v) is 14.5. The molecule has 0 radical (unpaired) electrons. The van der Waals surface area contributed by atoms with Crippen LogP contribution in [0, 0.1) is 0 Å². The van der Waals surface area contributed by atoms with E-state index in [1.54, 1.807) is 19.9 Å². The van der Waals surface area contributed by atoms with Crippen molar-refractivity contribution in [3.05, 3.63) is 35.4 Å². The standard InChI is InChI=1S/C18H23F3O4/c1-4-7-13-14(15-16(23-13)25-17(2,3)24-15)22-10-11-8-5-6-9-12(11)18(19,20)21/h5-6,8-9,13-16H,4,7,10H2,1-3H3/t13-,14+,15-,16-/m1/s1. The lowest BCUT2D eigenvalue weighted by molar-refractivity contribution is -0.219. The van der Waals surface area contributed by atoms with Crippen LogP contribution in [0.5, 0.6) is 0 Å². The third kappa shape index (κ3) is 4.00. The van der Waals surface area contributed by atoms with Crippen molar-refractivity contribution >= 4 is 0 Å². The van der Waals surface area contributed by atoms with Crippen molar-refractivity contribution in [2.75, 3.05) is 0 Å². The van der Waals surface area contributed by atoms with E-state index in [1.807, 2.05) is 6.92 Å². The average Bonchev–Trinajstić information content (AvgIpc) is 2.96. The highest BCUT2D eigenvalue weighted by Crippen LogP contribution is 2.40. The van der Waals surface area contributed by atoms with Gasteiger partial charge < -0.3 is 18.9 Å². The number of alkyl halides is 3. The molecule has 0 unspecified atom stereocenters. The molecule has 1 aromatic carbocycles. The molecule has 0 aromatic heterocycles. The highest BCUT2D eigenvalue weighted by atomic mass is 19.4. The lowest BCUT2D eigenvalue weighted by atomic mass is 10.1. The van der Waals surface area contributed by atoms with Gasteiger partial charge in [0.1, 0.15) is 12.2 Å². The summed E-state index contributed by atoms with van der Waals surface area (Å²) in [6.07, 6.45) is -4.52. The fourth-order valence-electron chi connectivity index (χ4n) is 3.37. The van der Waals surface area contributed by atoms with Crippen LogP contribution < -0.4 is 0 Å². The largest absolute Gasteiger partial charge is 0.416 e. The summed E-state index contributed by atoms with van der Waals surface area (Å²) in [5.74, 6) is -0.794. The molecule has 25 heavy (non-hydrogen) atoms. The molecule has 0 bridgehead atoms. The van der Waals surface area contributed by atoms with Gasteiger partial charge in [0.25, 0.3) is 0 Å². The summed E-state index contributed by atoms with van der Waals surface area (Å²) in [4.78, 5) is 0. The van der Waals surface area contributed by atoms with Crippen molar-refractivity contribution in [1.82, 2.24) is 0 Å². The molecule has 0 saturated carbocycles. The molecule has 2 saturated heterocycles. The van der Waals surface area contributed by atoms with Gasteiger partial charge in [-0.1, -0.05) is 31.5 Å². The van der Waals surface area contributed by atoms with Crippen LogP contribution in [0.4, 0.5) is 13.2 Å². The first-order chi connectivity index (χ1) is 11.7. The summed E-state index contributed by atoms with van der Waals surface area (Å²) < 4.78 is 62.7. The number of hydrogen-bond donors (Lipinski definition) is 0. The molecule has 0 N–H and O–H groups in total. The Labute approximate surface area is 145 Å². The van der Waals surface area contributed by atoms with Gasteiger partial charge in [-0.25, -0.2) is 0 Å². The molecule has 140 valence electrons. The molecule has 4 nitrogen and oxygen atoms in total.